The van der Waals surface area contributed by atoms with Gasteiger partial charge in [0, 0.05) is 24.2 Å². The molecule has 3 aromatic heterocycles. The van der Waals surface area contributed by atoms with Crippen LogP contribution in [0.25, 0.3) is 22.2 Å². The molecule has 1 aliphatic rings. The van der Waals surface area contributed by atoms with Gasteiger partial charge in [0.15, 0.2) is 0 Å². The molecule has 1 aliphatic heterocycles. The number of likely N-dealkylation sites (N-methyl/N-ethyl adjacent to an activating group) is 1. The summed E-state index contributed by atoms with van der Waals surface area (Å²) >= 11 is 0. The predicted octanol–water partition coefficient (Wildman–Crippen LogP) is 3.23. The number of piperidine rings is 1. The topological polar surface area (TPSA) is 84.1 Å². The van der Waals surface area contributed by atoms with Crippen molar-refractivity contribution < 1.29 is 18.3 Å². The fourth-order valence-corrected chi connectivity index (χ4v) is 4.11. The maximum absolute atomic E-state index is 13.2. The number of alkyl halides is 3. The Labute approximate surface area is 182 Å². The number of aliphatic hydroxyl groups is 1. The standard InChI is InChI=1S/C22H24F3N5O2/c1-13(11-31)30-12-27-20-16(21(30)32)8-17(14-5-6-18(26-9-14)22(23,24)25)28-19(20)15-4-3-7-29(2)10-15/h5-6,8-9,12-13,15,31H,3-4,7,10-11H2,1-2H3. The van der Waals surface area contributed by atoms with Gasteiger partial charge in [-0.1, -0.05) is 0 Å². The second-order valence-electron chi connectivity index (χ2n) is 8.31. The van der Waals surface area contributed by atoms with E-state index in [1.807, 2.05) is 7.05 Å². The van der Waals surface area contributed by atoms with Crippen LogP contribution in [0.15, 0.2) is 35.5 Å². The lowest BCUT2D eigenvalue weighted by molar-refractivity contribution is -0.141. The number of pyridine rings is 2. The van der Waals surface area contributed by atoms with Crippen LogP contribution < -0.4 is 5.56 Å². The third-order valence-electron chi connectivity index (χ3n) is 5.90. The second-order valence-corrected chi connectivity index (χ2v) is 8.31. The first kappa shape index (κ1) is 22.3. The number of aliphatic hydroxyl groups excluding tert-OH is 1. The van der Waals surface area contributed by atoms with Crippen molar-refractivity contribution in [2.75, 3.05) is 26.7 Å². The Balaban J connectivity index is 1.91. The summed E-state index contributed by atoms with van der Waals surface area (Å²) in [6.45, 7) is 3.18. The summed E-state index contributed by atoms with van der Waals surface area (Å²) in [7, 11) is 2.02. The molecule has 4 rings (SSSR count). The van der Waals surface area contributed by atoms with Crippen LogP contribution in [0.3, 0.4) is 0 Å². The van der Waals surface area contributed by atoms with Gasteiger partial charge in [0.05, 0.1) is 41.3 Å². The van der Waals surface area contributed by atoms with Crippen molar-refractivity contribution in [2.24, 2.45) is 0 Å². The molecule has 1 N–H and O–H groups in total. The molecule has 0 bridgehead atoms. The van der Waals surface area contributed by atoms with Gasteiger partial charge in [-0.15, -0.1) is 0 Å². The van der Waals surface area contributed by atoms with Gasteiger partial charge in [-0.2, -0.15) is 13.2 Å². The molecule has 0 aliphatic carbocycles. The summed E-state index contributed by atoms with van der Waals surface area (Å²) in [5.74, 6) is 0.0385. The van der Waals surface area contributed by atoms with Crippen molar-refractivity contribution in [1.29, 1.82) is 0 Å². The maximum atomic E-state index is 13.2. The molecule has 0 amide bonds. The van der Waals surface area contributed by atoms with Crippen LogP contribution in [0.4, 0.5) is 13.2 Å². The number of aromatic nitrogens is 4. The van der Waals surface area contributed by atoms with E-state index in [0.29, 0.717) is 27.9 Å². The molecule has 0 saturated carbocycles. The van der Waals surface area contributed by atoms with E-state index in [1.54, 1.807) is 13.0 Å². The number of likely N-dealkylation sites (tertiary alicyclic amines) is 1. The fraction of sp³-hybridized carbons (Fsp3) is 0.455. The Bertz CT molecular complexity index is 1180. The van der Waals surface area contributed by atoms with Crippen molar-refractivity contribution >= 4 is 10.9 Å². The van der Waals surface area contributed by atoms with Gasteiger partial charge in [0.2, 0.25) is 0 Å². The monoisotopic (exact) mass is 447 g/mol. The Hall–Kier alpha value is -2.85. The molecule has 2 atom stereocenters. The summed E-state index contributed by atoms with van der Waals surface area (Å²) in [5, 5.41) is 9.81. The van der Waals surface area contributed by atoms with Crippen molar-refractivity contribution in [1.82, 2.24) is 24.4 Å². The maximum Gasteiger partial charge on any atom is 0.433 e. The highest BCUT2D eigenvalue weighted by atomic mass is 19.4. The second kappa shape index (κ2) is 8.59. The molecular weight excluding hydrogens is 423 g/mol. The molecule has 10 heteroatoms. The zero-order valence-electron chi connectivity index (χ0n) is 17.8. The molecule has 7 nitrogen and oxygen atoms in total. The van der Waals surface area contributed by atoms with E-state index in [4.69, 9.17) is 4.98 Å². The number of hydrogen-bond acceptors (Lipinski definition) is 6. The first-order chi connectivity index (χ1) is 15.2. The Morgan fingerprint density at radius 2 is 2.06 bits per heavy atom. The molecule has 0 radical (unpaired) electrons. The van der Waals surface area contributed by atoms with Gasteiger partial charge in [-0.25, -0.2) is 4.98 Å². The normalized spacial score (nSPS) is 18.8. The SMILES string of the molecule is CC(CO)n1cnc2c(C3CCCN(C)C3)nc(-c3ccc(C(F)(F)F)nc3)cc2c1=O. The van der Waals surface area contributed by atoms with Gasteiger partial charge < -0.3 is 10.0 Å². The zero-order valence-corrected chi connectivity index (χ0v) is 17.8. The summed E-state index contributed by atoms with van der Waals surface area (Å²) < 4.78 is 40.1. The van der Waals surface area contributed by atoms with Gasteiger partial charge in [-0.05, 0) is 51.6 Å². The number of nitrogens with zero attached hydrogens (tertiary/aromatic N) is 5. The highest BCUT2D eigenvalue weighted by Gasteiger charge is 2.32. The van der Waals surface area contributed by atoms with Crippen LogP contribution >= 0.6 is 0 Å². The molecule has 0 aromatic carbocycles. The molecule has 1 fully saturated rings. The zero-order chi connectivity index (χ0) is 23.0. The van der Waals surface area contributed by atoms with Crippen LogP contribution in [0.5, 0.6) is 0 Å². The number of rotatable bonds is 4. The van der Waals surface area contributed by atoms with Gasteiger partial charge in [0.1, 0.15) is 5.69 Å². The smallest absolute Gasteiger partial charge is 0.394 e. The molecule has 1 saturated heterocycles. The summed E-state index contributed by atoms with van der Waals surface area (Å²) in [6.07, 6.45) is -0.152. The highest BCUT2D eigenvalue weighted by molar-refractivity contribution is 5.84. The van der Waals surface area contributed by atoms with Crippen molar-refractivity contribution in [3.8, 4) is 11.3 Å². The molecule has 2 unspecified atom stereocenters. The summed E-state index contributed by atoms with van der Waals surface area (Å²) in [6, 6.07) is 3.30. The van der Waals surface area contributed by atoms with Crippen LogP contribution in [-0.4, -0.2) is 56.3 Å². The Kier molecular flexibility index (Phi) is 6.00. The lowest BCUT2D eigenvalue weighted by Gasteiger charge is -2.30. The van der Waals surface area contributed by atoms with E-state index in [2.05, 4.69) is 14.9 Å². The van der Waals surface area contributed by atoms with E-state index in [-0.39, 0.29) is 18.1 Å². The largest absolute Gasteiger partial charge is 0.433 e. The minimum Gasteiger partial charge on any atom is -0.394 e. The van der Waals surface area contributed by atoms with Crippen molar-refractivity contribution in [3.63, 3.8) is 0 Å². The van der Waals surface area contributed by atoms with E-state index in [1.165, 1.54) is 17.0 Å². The minimum absolute atomic E-state index is 0.0385. The van der Waals surface area contributed by atoms with Gasteiger partial charge in [-0.3, -0.25) is 19.3 Å². The Morgan fingerprint density at radius 1 is 1.28 bits per heavy atom. The molecule has 3 aromatic rings. The fourth-order valence-electron chi connectivity index (χ4n) is 4.11. The first-order valence-corrected chi connectivity index (χ1v) is 10.4. The van der Waals surface area contributed by atoms with Crippen molar-refractivity contribution in [2.45, 2.75) is 37.9 Å². The molecular formula is C22H24F3N5O2. The Morgan fingerprint density at radius 3 is 2.69 bits per heavy atom. The van der Waals surface area contributed by atoms with E-state index in [0.717, 1.165) is 38.2 Å². The molecule has 0 spiro atoms. The molecule has 4 heterocycles. The van der Waals surface area contributed by atoms with Crippen molar-refractivity contribution in [3.05, 3.63) is 52.5 Å². The van der Waals surface area contributed by atoms with Crippen LogP contribution in [0.1, 0.15) is 43.1 Å². The molecule has 170 valence electrons. The van der Waals surface area contributed by atoms with Crippen LogP contribution in [0.2, 0.25) is 0 Å². The van der Waals surface area contributed by atoms with Crippen LogP contribution in [-0.2, 0) is 6.18 Å². The minimum atomic E-state index is -4.54. The lowest BCUT2D eigenvalue weighted by atomic mass is 9.92. The quantitative estimate of drug-likeness (QED) is 0.661. The average molecular weight is 447 g/mol. The third-order valence-corrected chi connectivity index (χ3v) is 5.90. The number of fused-ring (bicyclic) bond motifs is 1. The van der Waals surface area contributed by atoms with E-state index >= 15 is 0 Å². The summed E-state index contributed by atoms with van der Waals surface area (Å²) in [5.41, 5.74) is 0.582. The average Bonchev–Trinajstić information content (AvgIpc) is 2.78. The predicted molar refractivity (Wildman–Crippen MR) is 113 cm³/mol. The highest BCUT2D eigenvalue weighted by Crippen LogP contribution is 2.33. The lowest BCUT2D eigenvalue weighted by Crippen LogP contribution is -2.32. The first-order valence-electron chi connectivity index (χ1n) is 10.4. The van der Waals surface area contributed by atoms with E-state index < -0.39 is 17.9 Å². The number of halogens is 3. The number of hydrogen-bond donors (Lipinski definition) is 1. The van der Waals surface area contributed by atoms with E-state index in [9.17, 15) is 23.1 Å². The third kappa shape index (κ3) is 4.24. The molecule has 32 heavy (non-hydrogen) atoms. The van der Waals surface area contributed by atoms with Gasteiger partial charge >= 0.3 is 6.18 Å². The summed E-state index contributed by atoms with van der Waals surface area (Å²) in [4.78, 5) is 28.2. The van der Waals surface area contributed by atoms with Gasteiger partial charge in [0.25, 0.3) is 5.56 Å². The van der Waals surface area contributed by atoms with Crippen LogP contribution in [0, 0.1) is 0 Å².